The van der Waals surface area contributed by atoms with Crippen molar-refractivity contribution in [2.45, 2.75) is 19.3 Å². The molecule has 0 saturated carbocycles. The Morgan fingerprint density at radius 3 is 2.50 bits per heavy atom. The molecule has 0 radical (unpaired) electrons. The third kappa shape index (κ3) is 1.82. The van der Waals surface area contributed by atoms with Gasteiger partial charge >= 0.3 is 0 Å². The lowest BCUT2D eigenvalue weighted by Gasteiger charge is -2.32. The molecule has 1 aliphatic heterocycles. The molecule has 5 aromatic heterocycles. The molecule has 28 heavy (non-hydrogen) atoms. The quantitative estimate of drug-likeness (QED) is 0.452. The van der Waals surface area contributed by atoms with Gasteiger partial charge in [0.05, 0.1) is 29.1 Å². The Hall–Kier alpha value is -3.74. The molecule has 6 rings (SSSR count). The van der Waals surface area contributed by atoms with Gasteiger partial charge in [-0.15, -0.1) is 0 Å². The monoisotopic (exact) mass is 365 g/mol. The lowest BCUT2D eigenvalue weighted by atomic mass is 9.79. The summed E-state index contributed by atoms with van der Waals surface area (Å²) in [6.07, 6.45) is 14.3. The van der Waals surface area contributed by atoms with Crippen LogP contribution in [0.2, 0.25) is 0 Å². The van der Waals surface area contributed by atoms with Gasteiger partial charge in [0.2, 0.25) is 0 Å². The molecule has 0 aliphatic carbocycles. The van der Waals surface area contributed by atoms with E-state index in [9.17, 15) is 0 Å². The van der Waals surface area contributed by atoms with Crippen LogP contribution in [-0.4, -0.2) is 34.5 Å². The van der Waals surface area contributed by atoms with Gasteiger partial charge in [0.25, 0.3) is 0 Å². The first-order chi connectivity index (χ1) is 13.7. The minimum Gasteiger partial charge on any atom is -0.292 e. The Balaban J connectivity index is 1.76. The highest BCUT2D eigenvalue weighted by atomic mass is 15.1. The van der Waals surface area contributed by atoms with E-state index in [1.807, 2.05) is 24.7 Å². The normalized spacial score (nSPS) is 14.4. The average Bonchev–Trinajstić information content (AvgIpc) is 3.08. The van der Waals surface area contributed by atoms with E-state index in [0.29, 0.717) is 11.4 Å². The van der Waals surface area contributed by atoms with E-state index < -0.39 is 0 Å². The molecule has 0 unspecified atom stereocenters. The molecular weight excluding hydrogens is 350 g/mol. The second kappa shape index (κ2) is 5.16. The molecule has 1 aliphatic rings. The molecule has 0 spiro atoms. The van der Waals surface area contributed by atoms with Gasteiger partial charge in [0.1, 0.15) is 11.4 Å². The van der Waals surface area contributed by atoms with Crippen LogP contribution in [-0.2, 0) is 5.41 Å². The molecule has 0 amide bonds. The van der Waals surface area contributed by atoms with Crippen molar-refractivity contribution in [3.63, 3.8) is 0 Å². The van der Waals surface area contributed by atoms with Gasteiger partial charge < -0.3 is 0 Å². The lowest BCUT2D eigenvalue weighted by Crippen LogP contribution is -2.29. The van der Waals surface area contributed by atoms with Crippen molar-refractivity contribution in [3.05, 3.63) is 66.9 Å². The first-order valence-corrected chi connectivity index (χ1v) is 9.03. The highest BCUT2D eigenvalue weighted by molar-refractivity contribution is 6.10. The average molecular weight is 365 g/mol. The summed E-state index contributed by atoms with van der Waals surface area (Å²) in [4.78, 5) is 27.2. The minimum atomic E-state index is -0.356. The summed E-state index contributed by atoms with van der Waals surface area (Å²) in [5.41, 5.74) is 5.25. The Labute approximate surface area is 160 Å². The van der Waals surface area contributed by atoms with Crippen LogP contribution in [0.5, 0.6) is 0 Å². The van der Waals surface area contributed by atoms with Crippen molar-refractivity contribution in [2.75, 3.05) is 0 Å². The van der Waals surface area contributed by atoms with E-state index in [0.717, 1.165) is 38.9 Å². The molecule has 0 saturated heterocycles. The van der Waals surface area contributed by atoms with Crippen molar-refractivity contribution in [2.24, 2.45) is 0 Å². The number of nitrogens with zero attached hydrogens (tertiary/aromatic N) is 7. The number of hydrogen-bond acceptors (Lipinski definition) is 6. The molecule has 0 N–H and O–H groups in total. The number of fused-ring (bicyclic) bond motifs is 5. The lowest BCUT2D eigenvalue weighted by molar-refractivity contribution is 0.597. The zero-order valence-corrected chi connectivity index (χ0v) is 15.3. The van der Waals surface area contributed by atoms with Crippen LogP contribution in [0, 0.1) is 0 Å². The highest BCUT2D eigenvalue weighted by Gasteiger charge is 2.38. The summed E-state index contributed by atoms with van der Waals surface area (Å²) in [6.45, 7) is 4.33. The predicted octanol–water partition coefficient (Wildman–Crippen LogP) is 3.46. The fraction of sp³-hybridized carbons (Fsp3) is 0.143. The van der Waals surface area contributed by atoms with Crippen LogP contribution in [0.25, 0.3) is 39.0 Å². The van der Waals surface area contributed by atoms with Crippen LogP contribution in [0.15, 0.2) is 55.6 Å². The minimum absolute atomic E-state index is 0.356. The van der Waals surface area contributed by atoms with Gasteiger partial charge in [-0.25, -0.2) is 9.97 Å². The van der Waals surface area contributed by atoms with Gasteiger partial charge in [-0.05, 0) is 19.9 Å². The first-order valence-electron chi connectivity index (χ1n) is 9.03. The van der Waals surface area contributed by atoms with E-state index >= 15 is 0 Å². The predicted molar refractivity (Wildman–Crippen MR) is 105 cm³/mol. The molecule has 7 nitrogen and oxygen atoms in total. The van der Waals surface area contributed by atoms with Crippen molar-refractivity contribution in [1.82, 2.24) is 34.5 Å². The van der Waals surface area contributed by atoms with Crippen LogP contribution in [0.3, 0.4) is 0 Å². The summed E-state index contributed by atoms with van der Waals surface area (Å²) in [5, 5.41) is 2.15. The van der Waals surface area contributed by atoms with Crippen LogP contribution in [0.4, 0.5) is 0 Å². The van der Waals surface area contributed by atoms with Crippen molar-refractivity contribution in [1.29, 1.82) is 0 Å². The van der Waals surface area contributed by atoms with Gasteiger partial charge in [-0.1, -0.05) is 0 Å². The fourth-order valence-electron chi connectivity index (χ4n) is 4.13. The third-order valence-electron chi connectivity index (χ3n) is 5.53. The number of aromatic nitrogens is 7. The summed E-state index contributed by atoms with van der Waals surface area (Å²) in [6, 6.07) is 2.01. The topological polar surface area (TPSA) is 82.3 Å². The number of pyridine rings is 2. The second-order valence-corrected chi connectivity index (χ2v) is 7.45. The zero-order chi connectivity index (χ0) is 18.9. The van der Waals surface area contributed by atoms with Gasteiger partial charge in [-0.3, -0.25) is 24.5 Å². The zero-order valence-electron chi connectivity index (χ0n) is 15.3. The molecule has 6 heterocycles. The molecular formula is C21H15N7. The van der Waals surface area contributed by atoms with Crippen LogP contribution >= 0.6 is 0 Å². The van der Waals surface area contributed by atoms with Crippen LogP contribution < -0.4 is 0 Å². The molecule has 0 aromatic carbocycles. The van der Waals surface area contributed by atoms with Crippen LogP contribution in [0.1, 0.15) is 25.1 Å². The molecule has 7 heteroatoms. The SMILES string of the molecule is CC1(C)c2nc(-c3cnccn3)cnc2-n2c3ccncc3c3cncc1c32. The van der Waals surface area contributed by atoms with E-state index in [1.54, 1.807) is 31.0 Å². The summed E-state index contributed by atoms with van der Waals surface area (Å²) >= 11 is 0. The number of rotatable bonds is 1. The summed E-state index contributed by atoms with van der Waals surface area (Å²) in [7, 11) is 0. The maximum atomic E-state index is 4.98. The van der Waals surface area contributed by atoms with Gasteiger partial charge in [0, 0.05) is 58.9 Å². The van der Waals surface area contributed by atoms with E-state index in [-0.39, 0.29) is 5.41 Å². The second-order valence-electron chi connectivity index (χ2n) is 7.45. The molecule has 0 fully saturated rings. The van der Waals surface area contributed by atoms with Gasteiger partial charge in [0.15, 0.2) is 5.82 Å². The molecule has 0 bridgehead atoms. The molecule has 0 atom stereocenters. The fourth-order valence-corrected chi connectivity index (χ4v) is 4.13. The smallest absolute Gasteiger partial charge is 0.160 e. The maximum absolute atomic E-state index is 4.98. The first kappa shape index (κ1) is 15.3. The largest absolute Gasteiger partial charge is 0.292 e. The van der Waals surface area contributed by atoms with E-state index in [4.69, 9.17) is 9.97 Å². The van der Waals surface area contributed by atoms with E-state index in [2.05, 4.69) is 38.4 Å². The third-order valence-corrected chi connectivity index (χ3v) is 5.53. The van der Waals surface area contributed by atoms with Crippen molar-refractivity contribution >= 4 is 21.8 Å². The Morgan fingerprint density at radius 2 is 1.64 bits per heavy atom. The summed E-state index contributed by atoms with van der Waals surface area (Å²) in [5.74, 6) is 0.836. The summed E-state index contributed by atoms with van der Waals surface area (Å²) < 4.78 is 2.18. The van der Waals surface area contributed by atoms with Gasteiger partial charge in [-0.2, -0.15) is 0 Å². The van der Waals surface area contributed by atoms with Crippen molar-refractivity contribution in [3.8, 4) is 17.2 Å². The Morgan fingerprint density at radius 1 is 0.786 bits per heavy atom. The Kier molecular flexibility index (Phi) is 2.83. The van der Waals surface area contributed by atoms with E-state index in [1.165, 1.54) is 0 Å². The highest BCUT2D eigenvalue weighted by Crippen LogP contribution is 2.45. The van der Waals surface area contributed by atoms with Crippen molar-refractivity contribution < 1.29 is 0 Å². The molecule has 134 valence electrons. The molecule has 5 aromatic rings. The standard InChI is InChI=1S/C21H15N7/c1-21(2)14-9-24-8-13-12-7-22-4-3-17(12)28(18(13)14)20-19(21)27-16(11-26-20)15-10-23-5-6-25-15/h3-11H,1-2H3. The number of hydrogen-bond donors (Lipinski definition) is 0. The Bertz CT molecular complexity index is 1390. The maximum Gasteiger partial charge on any atom is 0.160 e.